The molecule has 0 aliphatic carbocycles. The molecule has 0 spiro atoms. The first-order valence-corrected chi connectivity index (χ1v) is 8.94. The lowest BCUT2D eigenvalue weighted by Gasteiger charge is -2.38. The molecule has 1 fully saturated rings. The molecule has 1 heterocycles. The minimum atomic E-state index is -0.457. The lowest BCUT2D eigenvalue weighted by atomic mass is 9.98. The third kappa shape index (κ3) is 4.85. The number of anilines is 1. The molecule has 2 atom stereocenters. The second kappa shape index (κ2) is 9.04. The number of carbonyl (C=O) groups is 2. The Morgan fingerprint density at radius 2 is 1.88 bits per heavy atom. The van der Waals surface area contributed by atoms with Crippen LogP contribution in [0.15, 0.2) is 36.0 Å². The zero-order chi connectivity index (χ0) is 19.1. The van der Waals surface area contributed by atoms with Crippen molar-refractivity contribution in [2.24, 2.45) is 0 Å². The van der Waals surface area contributed by atoms with Crippen molar-refractivity contribution in [2.45, 2.75) is 52.1 Å². The minimum Gasteiger partial charge on any atom is -0.462 e. The fourth-order valence-corrected chi connectivity index (χ4v) is 3.09. The first-order chi connectivity index (χ1) is 12.5. The van der Waals surface area contributed by atoms with Gasteiger partial charge in [-0.15, -0.1) is 0 Å². The van der Waals surface area contributed by atoms with Gasteiger partial charge < -0.3 is 15.0 Å². The third-order valence-electron chi connectivity index (χ3n) is 4.56. The van der Waals surface area contributed by atoms with Crippen LogP contribution in [0.1, 0.15) is 50.4 Å². The Hall–Kier alpha value is -2.81. The zero-order valence-electron chi connectivity index (χ0n) is 15.5. The topological polar surface area (TPSA) is 82.4 Å². The molecule has 0 bridgehead atoms. The van der Waals surface area contributed by atoms with E-state index in [1.807, 2.05) is 6.07 Å². The maximum Gasteiger partial charge on any atom is 0.338 e. The molecule has 1 amide bonds. The van der Waals surface area contributed by atoms with Gasteiger partial charge in [0.15, 0.2) is 0 Å². The Bertz CT molecular complexity index is 709. The molecule has 1 saturated heterocycles. The van der Waals surface area contributed by atoms with Gasteiger partial charge in [0.1, 0.15) is 11.6 Å². The van der Waals surface area contributed by atoms with Crippen molar-refractivity contribution >= 4 is 17.6 Å². The molecule has 138 valence electrons. The Morgan fingerprint density at radius 3 is 2.42 bits per heavy atom. The number of carbonyl (C=O) groups excluding carboxylic acids is 2. The molecule has 1 aromatic rings. The molecule has 2 unspecified atom stereocenters. The maximum absolute atomic E-state index is 12.4. The standard InChI is InChI=1S/C20H25N3O3/c1-4-26-20(25)16-8-10-18(11-9-16)22-19(24)17(12-21)13-23-14(2)6-5-7-15(23)3/h8-11,13-15H,4-7H2,1-3H3,(H,22,24)/b17-13-. The summed E-state index contributed by atoms with van der Waals surface area (Å²) >= 11 is 0. The number of nitrogens with zero attached hydrogens (tertiary/aromatic N) is 2. The van der Waals surface area contributed by atoms with E-state index in [1.54, 1.807) is 37.4 Å². The summed E-state index contributed by atoms with van der Waals surface area (Å²) in [6, 6.07) is 8.99. The highest BCUT2D eigenvalue weighted by molar-refractivity contribution is 6.06. The SMILES string of the molecule is CCOC(=O)c1ccc(NC(=O)/C(C#N)=C\N2C(C)CCCC2C)cc1. The van der Waals surface area contributed by atoms with Gasteiger partial charge in [-0.1, -0.05) is 0 Å². The summed E-state index contributed by atoms with van der Waals surface area (Å²) in [5.41, 5.74) is 1.00. The van der Waals surface area contributed by atoms with Crippen LogP contribution in [0.5, 0.6) is 0 Å². The number of benzene rings is 1. The smallest absolute Gasteiger partial charge is 0.338 e. The number of piperidine rings is 1. The molecular weight excluding hydrogens is 330 g/mol. The largest absolute Gasteiger partial charge is 0.462 e. The summed E-state index contributed by atoms with van der Waals surface area (Å²) in [5.74, 6) is -0.864. The molecule has 0 radical (unpaired) electrons. The molecule has 6 heteroatoms. The second-order valence-corrected chi connectivity index (χ2v) is 6.48. The van der Waals surface area contributed by atoms with Crippen molar-refractivity contribution in [3.8, 4) is 6.07 Å². The molecule has 0 saturated carbocycles. The molecule has 2 rings (SSSR count). The van der Waals surface area contributed by atoms with Crippen LogP contribution >= 0.6 is 0 Å². The molecular formula is C20H25N3O3. The Morgan fingerprint density at radius 1 is 1.27 bits per heavy atom. The van der Waals surface area contributed by atoms with Crippen LogP contribution < -0.4 is 5.32 Å². The van der Waals surface area contributed by atoms with E-state index >= 15 is 0 Å². The monoisotopic (exact) mass is 355 g/mol. The quantitative estimate of drug-likeness (QED) is 0.497. The fraction of sp³-hybridized carbons (Fsp3) is 0.450. The van der Waals surface area contributed by atoms with E-state index in [1.165, 1.54) is 0 Å². The summed E-state index contributed by atoms with van der Waals surface area (Å²) < 4.78 is 4.93. The molecule has 6 nitrogen and oxygen atoms in total. The van der Waals surface area contributed by atoms with E-state index in [-0.39, 0.29) is 5.57 Å². The van der Waals surface area contributed by atoms with Crippen molar-refractivity contribution in [3.05, 3.63) is 41.6 Å². The maximum atomic E-state index is 12.4. The molecule has 1 aromatic carbocycles. The van der Waals surface area contributed by atoms with Gasteiger partial charge >= 0.3 is 5.97 Å². The Kier molecular flexibility index (Phi) is 6.79. The normalized spacial score (nSPS) is 20.2. The summed E-state index contributed by atoms with van der Waals surface area (Å²) in [4.78, 5) is 26.2. The van der Waals surface area contributed by atoms with Crippen LogP contribution in [-0.2, 0) is 9.53 Å². The third-order valence-corrected chi connectivity index (χ3v) is 4.56. The highest BCUT2D eigenvalue weighted by Crippen LogP contribution is 2.23. The first-order valence-electron chi connectivity index (χ1n) is 8.94. The van der Waals surface area contributed by atoms with Gasteiger partial charge in [0, 0.05) is 24.0 Å². The van der Waals surface area contributed by atoms with Crippen LogP contribution in [0, 0.1) is 11.3 Å². The van der Waals surface area contributed by atoms with E-state index in [2.05, 4.69) is 24.1 Å². The first kappa shape index (κ1) is 19.5. The van der Waals surface area contributed by atoms with Crippen LogP contribution in [0.25, 0.3) is 0 Å². The van der Waals surface area contributed by atoms with Gasteiger partial charge in [0.25, 0.3) is 5.91 Å². The van der Waals surface area contributed by atoms with E-state index in [4.69, 9.17) is 4.74 Å². The number of ether oxygens (including phenoxy) is 1. The van der Waals surface area contributed by atoms with Crippen molar-refractivity contribution in [1.82, 2.24) is 4.90 Å². The predicted molar refractivity (Wildman–Crippen MR) is 99.3 cm³/mol. The number of nitrogens with one attached hydrogen (secondary N) is 1. The molecule has 26 heavy (non-hydrogen) atoms. The van der Waals surface area contributed by atoms with Crippen LogP contribution in [0.4, 0.5) is 5.69 Å². The van der Waals surface area contributed by atoms with Gasteiger partial charge in [-0.2, -0.15) is 5.26 Å². The van der Waals surface area contributed by atoms with E-state index in [0.29, 0.717) is 29.9 Å². The summed E-state index contributed by atoms with van der Waals surface area (Å²) in [6.07, 6.45) is 4.93. The van der Waals surface area contributed by atoms with Gasteiger partial charge in [0.2, 0.25) is 0 Å². The van der Waals surface area contributed by atoms with Crippen LogP contribution in [-0.4, -0.2) is 35.5 Å². The van der Waals surface area contributed by atoms with E-state index in [0.717, 1.165) is 19.3 Å². The van der Waals surface area contributed by atoms with Crippen molar-refractivity contribution in [2.75, 3.05) is 11.9 Å². The molecule has 1 aliphatic rings. The van der Waals surface area contributed by atoms with Crippen molar-refractivity contribution in [3.63, 3.8) is 0 Å². The van der Waals surface area contributed by atoms with Crippen LogP contribution in [0.3, 0.4) is 0 Å². The average molecular weight is 355 g/mol. The van der Waals surface area contributed by atoms with Crippen LogP contribution in [0.2, 0.25) is 0 Å². The highest BCUT2D eigenvalue weighted by atomic mass is 16.5. The summed E-state index contributed by atoms with van der Waals surface area (Å²) in [6.45, 7) is 6.26. The lowest BCUT2D eigenvalue weighted by molar-refractivity contribution is -0.112. The number of hydrogen-bond acceptors (Lipinski definition) is 5. The van der Waals surface area contributed by atoms with E-state index in [9.17, 15) is 14.9 Å². The average Bonchev–Trinajstić information content (AvgIpc) is 2.62. The van der Waals surface area contributed by atoms with Gasteiger partial charge in [-0.25, -0.2) is 4.79 Å². The Balaban J connectivity index is 2.08. The molecule has 0 aromatic heterocycles. The lowest BCUT2D eigenvalue weighted by Crippen LogP contribution is -2.40. The second-order valence-electron chi connectivity index (χ2n) is 6.48. The van der Waals surface area contributed by atoms with Gasteiger partial charge in [0.05, 0.1) is 12.2 Å². The number of amides is 1. The molecule has 1 N–H and O–H groups in total. The number of esters is 1. The van der Waals surface area contributed by atoms with Gasteiger partial charge in [-0.05, 0) is 64.3 Å². The number of nitriles is 1. The minimum absolute atomic E-state index is 0.0695. The van der Waals surface area contributed by atoms with E-state index < -0.39 is 11.9 Å². The number of likely N-dealkylation sites (tertiary alicyclic amines) is 1. The predicted octanol–water partition coefficient (Wildman–Crippen LogP) is 3.47. The highest BCUT2D eigenvalue weighted by Gasteiger charge is 2.23. The Labute approximate surface area is 154 Å². The molecule has 1 aliphatic heterocycles. The van der Waals surface area contributed by atoms with Crippen molar-refractivity contribution in [1.29, 1.82) is 5.26 Å². The zero-order valence-corrected chi connectivity index (χ0v) is 15.5. The number of rotatable bonds is 5. The fourth-order valence-electron chi connectivity index (χ4n) is 3.09. The van der Waals surface area contributed by atoms with Crippen molar-refractivity contribution < 1.29 is 14.3 Å². The summed E-state index contributed by atoms with van der Waals surface area (Å²) in [7, 11) is 0. The number of hydrogen-bond donors (Lipinski definition) is 1. The van der Waals surface area contributed by atoms with Gasteiger partial charge in [-0.3, -0.25) is 4.79 Å². The summed E-state index contributed by atoms with van der Waals surface area (Å²) in [5, 5.41) is 12.1.